The SMILES string of the molecule is CC(=O)OC(C)/C(F)=C/c1ccc(C#N)cc1. The van der Waals surface area contributed by atoms with Gasteiger partial charge in [-0.3, -0.25) is 4.79 Å². The van der Waals surface area contributed by atoms with E-state index in [4.69, 9.17) is 10.00 Å². The standard InChI is InChI=1S/C13H12FNO2/c1-9(17-10(2)16)13(14)7-11-3-5-12(8-15)6-4-11/h3-7,9H,1-2H3/b13-7-. The molecule has 4 heteroatoms. The fraction of sp³-hybridized carbons (Fsp3) is 0.231. The summed E-state index contributed by atoms with van der Waals surface area (Å²) in [6.07, 6.45) is 0.373. The van der Waals surface area contributed by atoms with Gasteiger partial charge in [-0.15, -0.1) is 0 Å². The van der Waals surface area contributed by atoms with Gasteiger partial charge in [-0.2, -0.15) is 5.26 Å². The summed E-state index contributed by atoms with van der Waals surface area (Å²) >= 11 is 0. The summed E-state index contributed by atoms with van der Waals surface area (Å²) in [5, 5.41) is 8.60. The maximum atomic E-state index is 13.5. The maximum absolute atomic E-state index is 13.5. The molecule has 0 spiro atoms. The molecule has 0 aromatic heterocycles. The zero-order chi connectivity index (χ0) is 12.8. The van der Waals surface area contributed by atoms with Gasteiger partial charge in [0.1, 0.15) is 5.83 Å². The van der Waals surface area contributed by atoms with E-state index in [0.29, 0.717) is 11.1 Å². The molecule has 1 aromatic rings. The molecule has 1 atom stereocenters. The van der Waals surface area contributed by atoms with E-state index >= 15 is 0 Å². The molecule has 0 saturated heterocycles. The van der Waals surface area contributed by atoms with Crippen molar-refractivity contribution in [3.8, 4) is 6.07 Å². The molecule has 1 unspecified atom stereocenters. The number of nitriles is 1. The van der Waals surface area contributed by atoms with Crippen LogP contribution in [0.15, 0.2) is 30.1 Å². The highest BCUT2D eigenvalue weighted by atomic mass is 19.1. The van der Waals surface area contributed by atoms with E-state index in [2.05, 4.69) is 0 Å². The average molecular weight is 233 g/mol. The Balaban J connectivity index is 2.80. The van der Waals surface area contributed by atoms with Crippen molar-refractivity contribution in [3.05, 3.63) is 41.2 Å². The number of carbonyl (C=O) groups excluding carboxylic acids is 1. The van der Waals surface area contributed by atoms with E-state index in [-0.39, 0.29) is 0 Å². The number of nitrogens with zero attached hydrogens (tertiary/aromatic N) is 1. The Kier molecular flexibility index (Phi) is 4.41. The van der Waals surface area contributed by atoms with Crippen LogP contribution >= 0.6 is 0 Å². The molecule has 3 nitrogen and oxygen atoms in total. The summed E-state index contributed by atoms with van der Waals surface area (Å²) in [5.41, 5.74) is 1.12. The lowest BCUT2D eigenvalue weighted by atomic mass is 10.1. The lowest BCUT2D eigenvalue weighted by Crippen LogP contribution is -2.12. The zero-order valence-corrected chi connectivity index (χ0v) is 9.61. The molecule has 0 heterocycles. The zero-order valence-electron chi connectivity index (χ0n) is 9.61. The summed E-state index contributed by atoms with van der Waals surface area (Å²) in [6, 6.07) is 8.41. The highest BCUT2D eigenvalue weighted by Crippen LogP contribution is 2.14. The number of hydrogen-bond acceptors (Lipinski definition) is 3. The van der Waals surface area contributed by atoms with Crippen LogP contribution in [0.4, 0.5) is 4.39 Å². The molecule has 17 heavy (non-hydrogen) atoms. The van der Waals surface area contributed by atoms with Gasteiger partial charge in [0.15, 0.2) is 6.10 Å². The molecular weight excluding hydrogens is 221 g/mol. The van der Waals surface area contributed by atoms with Crippen LogP contribution in [0, 0.1) is 11.3 Å². The summed E-state index contributed by atoms with van der Waals surface area (Å²) in [5.74, 6) is -1.06. The van der Waals surface area contributed by atoms with Crippen LogP contribution in [0.3, 0.4) is 0 Å². The molecule has 0 aliphatic carbocycles. The number of rotatable bonds is 3. The highest BCUT2D eigenvalue weighted by molar-refractivity contribution is 5.66. The van der Waals surface area contributed by atoms with E-state index in [0.717, 1.165) is 0 Å². The number of hydrogen-bond donors (Lipinski definition) is 0. The predicted molar refractivity (Wildman–Crippen MR) is 61.5 cm³/mol. The molecule has 1 aromatic carbocycles. The first-order chi connectivity index (χ1) is 8.02. The maximum Gasteiger partial charge on any atom is 0.303 e. The van der Waals surface area contributed by atoms with Gasteiger partial charge in [-0.05, 0) is 30.7 Å². The van der Waals surface area contributed by atoms with E-state index < -0.39 is 17.9 Å². The first-order valence-electron chi connectivity index (χ1n) is 5.07. The Labute approximate surface area is 99.1 Å². The van der Waals surface area contributed by atoms with Gasteiger partial charge in [-0.1, -0.05) is 12.1 Å². The van der Waals surface area contributed by atoms with Crippen molar-refractivity contribution in [1.29, 1.82) is 5.26 Å². The van der Waals surface area contributed by atoms with Gasteiger partial charge in [0.25, 0.3) is 0 Å². The second-order valence-electron chi connectivity index (χ2n) is 3.51. The van der Waals surface area contributed by atoms with E-state index in [1.54, 1.807) is 24.3 Å². The van der Waals surface area contributed by atoms with Crippen molar-refractivity contribution in [3.63, 3.8) is 0 Å². The molecule has 0 fully saturated rings. The van der Waals surface area contributed by atoms with Gasteiger partial charge < -0.3 is 4.74 Å². The number of carbonyl (C=O) groups is 1. The fourth-order valence-electron chi connectivity index (χ4n) is 1.24. The second-order valence-corrected chi connectivity index (χ2v) is 3.51. The van der Waals surface area contributed by atoms with Gasteiger partial charge in [0.05, 0.1) is 11.6 Å². The Morgan fingerprint density at radius 2 is 2.06 bits per heavy atom. The smallest absolute Gasteiger partial charge is 0.303 e. The monoisotopic (exact) mass is 233 g/mol. The topological polar surface area (TPSA) is 50.1 Å². The van der Waals surface area contributed by atoms with Crippen LogP contribution in [-0.2, 0) is 9.53 Å². The van der Waals surface area contributed by atoms with Gasteiger partial charge in [0.2, 0.25) is 0 Å². The van der Waals surface area contributed by atoms with Gasteiger partial charge in [-0.25, -0.2) is 4.39 Å². The minimum Gasteiger partial charge on any atom is -0.456 e. The largest absolute Gasteiger partial charge is 0.456 e. The Morgan fingerprint density at radius 3 is 2.53 bits per heavy atom. The molecule has 0 aliphatic rings. The van der Waals surface area contributed by atoms with Crippen LogP contribution in [0.5, 0.6) is 0 Å². The van der Waals surface area contributed by atoms with Crippen molar-refractivity contribution in [2.24, 2.45) is 0 Å². The first kappa shape index (κ1) is 12.9. The molecule has 0 saturated carbocycles. The lowest BCUT2D eigenvalue weighted by molar-refractivity contribution is -0.144. The average Bonchev–Trinajstić information content (AvgIpc) is 2.29. The third-order valence-electron chi connectivity index (χ3n) is 2.08. The predicted octanol–water partition coefficient (Wildman–Crippen LogP) is 2.82. The van der Waals surface area contributed by atoms with E-state index in [1.807, 2.05) is 6.07 Å². The normalized spacial score (nSPS) is 12.7. The number of ether oxygens (including phenoxy) is 1. The minimum atomic E-state index is -0.900. The van der Waals surface area contributed by atoms with Gasteiger partial charge >= 0.3 is 5.97 Å². The van der Waals surface area contributed by atoms with Crippen LogP contribution < -0.4 is 0 Å². The fourth-order valence-corrected chi connectivity index (χ4v) is 1.24. The molecule has 88 valence electrons. The molecule has 0 bridgehead atoms. The second kappa shape index (κ2) is 5.80. The summed E-state index contributed by atoms with van der Waals surface area (Å²) in [6.45, 7) is 2.68. The molecular formula is C13H12FNO2. The highest BCUT2D eigenvalue weighted by Gasteiger charge is 2.11. The summed E-state index contributed by atoms with van der Waals surface area (Å²) in [4.78, 5) is 10.6. The van der Waals surface area contributed by atoms with Gasteiger partial charge in [0, 0.05) is 6.92 Å². The third kappa shape index (κ3) is 4.07. The molecule has 0 radical (unpaired) electrons. The van der Waals surface area contributed by atoms with Crippen LogP contribution in [0.1, 0.15) is 25.0 Å². The lowest BCUT2D eigenvalue weighted by Gasteiger charge is -2.09. The Bertz CT molecular complexity index is 471. The Morgan fingerprint density at radius 1 is 1.47 bits per heavy atom. The number of halogens is 1. The molecule has 1 rings (SSSR count). The van der Waals surface area contributed by atoms with Crippen LogP contribution in [0.2, 0.25) is 0 Å². The van der Waals surface area contributed by atoms with Crippen molar-refractivity contribution >= 4 is 12.0 Å². The van der Waals surface area contributed by atoms with E-state index in [1.165, 1.54) is 19.9 Å². The number of esters is 1. The Hall–Kier alpha value is -2.15. The molecule has 0 N–H and O–H groups in total. The quantitative estimate of drug-likeness (QED) is 0.754. The van der Waals surface area contributed by atoms with Crippen molar-refractivity contribution in [1.82, 2.24) is 0 Å². The van der Waals surface area contributed by atoms with Crippen LogP contribution in [0.25, 0.3) is 6.08 Å². The van der Waals surface area contributed by atoms with Crippen molar-refractivity contribution in [2.45, 2.75) is 20.0 Å². The summed E-state index contributed by atoms with van der Waals surface area (Å²) in [7, 11) is 0. The molecule has 0 aliphatic heterocycles. The summed E-state index contributed by atoms with van der Waals surface area (Å²) < 4.78 is 18.2. The minimum absolute atomic E-state index is 0.510. The first-order valence-corrected chi connectivity index (χ1v) is 5.07. The van der Waals surface area contributed by atoms with Crippen molar-refractivity contribution < 1.29 is 13.9 Å². The van der Waals surface area contributed by atoms with Crippen LogP contribution in [-0.4, -0.2) is 12.1 Å². The van der Waals surface area contributed by atoms with Crippen molar-refractivity contribution in [2.75, 3.05) is 0 Å². The van der Waals surface area contributed by atoms with E-state index in [9.17, 15) is 9.18 Å². The number of benzene rings is 1. The molecule has 0 amide bonds. The third-order valence-corrected chi connectivity index (χ3v) is 2.08.